The van der Waals surface area contributed by atoms with E-state index in [2.05, 4.69) is 15.6 Å². The molecule has 2 aromatic heterocycles. The molecule has 0 aliphatic carbocycles. The molecule has 2 amide bonds. The van der Waals surface area contributed by atoms with E-state index in [9.17, 15) is 9.59 Å². The quantitative estimate of drug-likeness (QED) is 0.457. The predicted octanol–water partition coefficient (Wildman–Crippen LogP) is 5.07. The third-order valence-electron chi connectivity index (χ3n) is 4.68. The standard InChI is InChI=1S/C23H21N3O3S/c1-14-7-9-16(10-8-14)18(24-15(2)27)12-22(28)26-23-25-19(13-30-23)21-11-17-5-3-4-6-20(17)29-21/h3-11,13,18H,12H2,1-2H3,(H,24,27)(H,25,26,28). The maximum atomic E-state index is 12.6. The van der Waals surface area contributed by atoms with Crippen LogP contribution in [0.5, 0.6) is 0 Å². The van der Waals surface area contributed by atoms with Crippen molar-refractivity contribution in [2.45, 2.75) is 26.3 Å². The first-order valence-electron chi connectivity index (χ1n) is 9.56. The molecule has 0 bridgehead atoms. The summed E-state index contributed by atoms with van der Waals surface area (Å²) in [6.45, 7) is 3.44. The molecule has 152 valence electrons. The van der Waals surface area contributed by atoms with Crippen molar-refractivity contribution in [2.75, 3.05) is 5.32 Å². The molecule has 1 atom stereocenters. The van der Waals surface area contributed by atoms with E-state index in [0.29, 0.717) is 16.6 Å². The van der Waals surface area contributed by atoms with Crippen molar-refractivity contribution in [2.24, 2.45) is 0 Å². The van der Waals surface area contributed by atoms with Crippen molar-refractivity contribution in [3.05, 3.63) is 71.1 Å². The number of hydrogen-bond acceptors (Lipinski definition) is 5. The second-order valence-corrected chi connectivity index (χ2v) is 7.96. The van der Waals surface area contributed by atoms with Gasteiger partial charge in [0, 0.05) is 17.7 Å². The van der Waals surface area contributed by atoms with Crippen LogP contribution >= 0.6 is 11.3 Å². The van der Waals surface area contributed by atoms with Crippen LogP contribution in [0.2, 0.25) is 0 Å². The molecule has 7 heteroatoms. The highest BCUT2D eigenvalue weighted by Crippen LogP contribution is 2.30. The van der Waals surface area contributed by atoms with Gasteiger partial charge < -0.3 is 15.1 Å². The Morgan fingerprint density at radius 3 is 2.63 bits per heavy atom. The Hall–Kier alpha value is -3.45. The zero-order valence-electron chi connectivity index (χ0n) is 16.6. The molecule has 0 radical (unpaired) electrons. The molecule has 0 aliphatic rings. The number of fused-ring (bicyclic) bond motifs is 1. The summed E-state index contributed by atoms with van der Waals surface area (Å²) in [6, 6.07) is 17.0. The number of benzene rings is 2. The van der Waals surface area contributed by atoms with Crippen molar-refractivity contribution in [1.82, 2.24) is 10.3 Å². The van der Waals surface area contributed by atoms with Gasteiger partial charge in [0.15, 0.2) is 10.9 Å². The first kappa shape index (κ1) is 19.8. The average molecular weight is 420 g/mol. The number of aromatic nitrogens is 1. The second kappa shape index (κ2) is 8.51. The number of nitrogens with one attached hydrogen (secondary N) is 2. The van der Waals surface area contributed by atoms with Crippen molar-refractivity contribution in [3.63, 3.8) is 0 Å². The molecule has 2 N–H and O–H groups in total. The molecule has 0 saturated carbocycles. The average Bonchev–Trinajstić information content (AvgIpc) is 3.34. The predicted molar refractivity (Wildman–Crippen MR) is 118 cm³/mol. The van der Waals surface area contributed by atoms with Crippen molar-refractivity contribution < 1.29 is 14.0 Å². The molecule has 4 rings (SSSR count). The fraction of sp³-hybridized carbons (Fsp3) is 0.174. The number of anilines is 1. The van der Waals surface area contributed by atoms with Gasteiger partial charge in [-0.1, -0.05) is 48.0 Å². The molecule has 2 heterocycles. The number of nitrogens with zero attached hydrogens (tertiary/aromatic N) is 1. The summed E-state index contributed by atoms with van der Waals surface area (Å²) in [6.07, 6.45) is 0.113. The van der Waals surface area contributed by atoms with Gasteiger partial charge in [-0.25, -0.2) is 4.98 Å². The van der Waals surface area contributed by atoms with Gasteiger partial charge in [0.05, 0.1) is 12.5 Å². The third-order valence-corrected chi connectivity index (χ3v) is 5.43. The summed E-state index contributed by atoms with van der Waals surface area (Å²) in [4.78, 5) is 28.7. The van der Waals surface area contributed by atoms with Crippen LogP contribution < -0.4 is 10.6 Å². The van der Waals surface area contributed by atoms with Gasteiger partial charge in [0.25, 0.3) is 0 Å². The highest BCUT2D eigenvalue weighted by molar-refractivity contribution is 7.14. The van der Waals surface area contributed by atoms with E-state index in [1.54, 1.807) is 0 Å². The molecule has 1 unspecified atom stereocenters. The lowest BCUT2D eigenvalue weighted by atomic mass is 10.0. The number of furan rings is 1. The van der Waals surface area contributed by atoms with Gasteiger partial charge >= 0.3 is 0 Å². The second-order valence-electron chi connectivity index (χ2n) is 7.10. The number of aryl methyl sites for hydroxylation is 1. The van der Waals surface area contributed by atoms with Gasteiger partial charge in [-0.05, 0) is 24.6 Å². The van der Waals surface area contributed by atoms with E-state index >= 15 is 0 Å². The van der Waals surface area contributed by atoms with Crippen LogP contribution in [0.1, 0.15) is 30.5 Å². The Kier molecular flexibility index (Phi) is 5.63. The topological polar surface area (TPSA) is 84.2 Å². The number of hydrogen-bond donors (Lipinski definition) is 2. The normalized spacial score (nSPS) is 11.9. The largest absolute Gasteiger partial charge is 0.454 e. The lowest BCUT2D eigenvalue weighted by Crippen LogP contribution is -2.29. The van der Waals surface area contributed by atoms with E-state index in [1.165, 1.54) is 18.3 Å². The van der Waals surface area contributed by atoms with Crippen LogP contribution in [0.4, 0.5) is 5.13 Å². The van der Waals surface area contributed by atoms with Crippen LogP contribution in [-0.4, -0.2) is 16.8 Å². The molecule has 0 fully saturated rings. The van der Waals surface area contributed by atoms with Crippen LogP contribution in [0.3, 0.4) is 0 Å². The molecule has 0 spiro atoms. The van der Waals surface area contributed by atoms with Gasteiger partial charge in [0.2, 0.25) is 11.8 Å². The minimum atomic E-state index is -0.405. The lowest BCUT2D eigenvalue weighted by molar-refractivity contribution is -0.120. The Balaban J connectivity index is 1.46. The number of carbonyl (C=O) groups excluding carboxylic acids is 2. The summed E-state index contributed by atoms with van der Waals surface area (Å²) in [5.41, 5.74) is 3.46. The monoisotopic (exact) mass is 419 g/mol. The minimum Gasteiger partial charge on any atom is -0.454 e. The van der Waals surface area contributed by atoms with E-state index in [1.807, 2.05) is 66.9 Å². The highest BCUT2D eigenvalue weighted by Gasteiger charge is 2.18. The molecular formula is C23H21N3O3S. The Bertz CT molecular complexity index is 1160. The Morgan fingerprint density at radius 2 is 1.90 bits per heavy atom. The number of carbonyl (C=O) groups is 2. The van der Waals surface area contributed by atoms with E-state index in [4.69, 9.17) is 4.42 Å². The van der Waals surface area contributed by atoms with Crippen LogP contribution in [0, 0.1) is 6.92 Å². The van der Waals surface area contributed by atoms with Crippen LogP contribution in [0.15, 0.2) is 64.4 Å². The van der Waals surface area contributed by atoms with Crippen LogP contribution in [0.25, 0.3) is 22.4 Å². The first-order chi connectivity index (χ1) is 14.5. The first-order valence-corrected chi connectivity index (χ1v) is 10.4. The van der Waals surface area contributed by atoms with Gasteiger partial charge in [-0.3, -0.25) is 9.59 Å². The molecular weight excluding hydrogens is 398 g/mol. The fourth-order valence-electron chi connectivity index (χ4n) is 3.20. The molecule has 2 aromatic carbocycles. The maximum absolute atomic E-state index is 12.6. The zero-order valence-corrected chi connectivity index (χ0v) is 17.5. The summed E-state index contributed by atoms with van der Waals surface area (Å²) in [7, 11) is 0. The van der Waals surface area contributed by atoms with Crippen LogP contribution in [-0.2, 0) is 9.59 Å². The lowest BCUT2D eigenvalue weighted by Gasteiger charge is -2.18. The molecule has 4 aromatic rings. The van der Waals surface area contributed by atoms with Gasteiger partial charge in [0.1, 0.15) is 11.3 Å². The van der Waals surface area contributed by atoms with E-state index in [0.717, 1.165) is 22.1 Å². The van der Waals surface area contributed by atoms with Crippen molar-refractivity contribution >= 4 is 39.3 Å². The van der Waals surface area contributed by atoms with Gasteiger partial charge in [-0.15, -0.1) is 11.3 Å². The Morgan fingerprint density at radius 1 is 1.13 bits per heavy atom. The maximum Gasteiger partial charge on any atom is 0.228 e. The van der Waals surface area contributed by atoms with Gasteiger partial charge in [-0.2, -0.15) is 0 Å². The third kappa shape index (κ3) is 4.58. The number of para-hydroxylation sites is 1. The summed E-state index contributed by atoms with van der Waals surface area (Å²) in [5, 5.41) is 9.01. The SMILES string of the molecule is CC(=O)NC(CC(=O)Nc1nc(-c2cc3ccccc3o2)cs1)c1ccc(C)cc1. The van der Waals surface area contributed by atoms with E-state index in [-0.39, 0.29) is 18.2 Å². The minimum absolute atomic E-state index is 0.113. The van der Waals surface area contributed by atoms with E-state index < -0.39 is 6.04 Å². The fourth-order valence-corrected chi connectivity index (χ4v) is 3.92. The molecule has 0 saturated heterocycles. The number of amides is 2. The zero-order chi connectivity index (χ0) is 21.1. The molecule has 6 nitrogen and oxygen atoms in total. The van der Waals surface area contributed by atoms with Crippen molar-refractivity contribution in [1.29, 1.82) is 0 Å². The Labute approximate surface area is 177 Å². The molecule has 30 heavy (non-hydrogen) atoms. The summed E-state index contributed by atoms with van der Waals surface area (Å²) >= 11 is 1.33. The van der Waals surface area contributed by atoms with Crippen molar-refractivity contribution in [3.8, 4) is 11.5 Å². The smallest absolute Gasteiger partial charge is 0.228 e. The summed E-state index contributed by atoms with van der Waals surface area (Å²) in [5.74, 6) is 0.248. The highest BCUT2D eigenvalue weighted by atomic mass is 32.1. The number of rotatable bonds is 6. The number of thiazole rings is 1. The summed E-state index contributed by atoms with van der Waals surface area (Å²) < 4.78 is 5.83. The molecule has 0 aliphatic heterocycles.